The predicted octanol–water partition coefficient (Wildman–Crippen LogP) is 4.90. The number of alkyl halides is 3. The Bertz CT molecular complexity index is 894. The van der Waals surface area contributed by atoms with Crippen molar-refractivity contribution in [3.8, 4) is 5.40 Å². The van der Waals surface area contributed by atoms with Crippen molar-refractivity contribution in [3.05, 3.63) is 53.8 Å². The Hall–Kier alpha value is -2.22. The number of thiocyanates is 1. The fourth-order valence-corrected chi connectivity index (χ4v) is 3.48. The summed E-state index contributed by atoms with van der Waals surface area (Å²) in [5.41, 5.74) is -3.11. The van der Waals surface area contributed by atoms with E-state index in [4.69, 9.17) is 5.26 Å². The van der Waals surface area contributed by atoms with E-state index in [-0.39, 0.29) is 16.3 Å². The van der Waals surface area contributed by atoms with Crippen LogP contribution in [-0.2, 0) is 11.0 Å². The molecule has 1 atom stereocenters. The summed E-state index contributed by atoms with van der Waals surface area (Å²) < 4.78 is 52.3. The van der Waals surface area contributed by atoms with Gasteiger partial charge >= 0.3 is 6.18 Å². The SMILES string of the molecule is CC(O)(CSc1ccc(F)cc1)C(=O)Nc1ccc(SC#N)c(C(F)(F)F)c1. The minimum Gasteiger partial charge on any atom is -0.379 e. The number of thioether (sulfide) groups is 2. The van der Waals surface area contributed by atoms with Gasteiger partial charge in [-0.1, -0.05) is 0 Å². The average molecular weight is 430 g/mol. The zero-order chi connectivity index (χ0) is 20.9. The van der Waals surface area contributed by atoms with Crippen molar-refractivity contribution in [1.29, 1.82) is 5.26 Å². The molecule has 4 nitrogen and oxygen atoms in total. The van der Waals surface area contributed by atoms with E-state index in [9.17, 15) is 27.5 Å². The minimum atomic E-state index is -4.71. The molecule has 0 heterocycles. The molecule has 148 valence electrons. The van der Waals surface area contributed by atoms with Crippen LogP contribution in [0.15, 0.2) is 52.3 Å². The second kappa shape index (κ2) is 8.86. The van der Waals surface area contributed by atoms with Crippen molar-refractivity contribution in [2.75, 3.05) is 11.1 Å². The maximum absolute atomic E-state index is 13.1. The highest BCUT2D eigenvalue weighted by Crippen LogP contribution is 2.38. The first-order valence-corrected chi connectivity index (χ1v) is 9.52. The molecule has 0 aromatic heterocycles. The molecule has 0 spiro atoms. The van der Waals surface area contributed by atoms with Crippen LogP contribution in [0.3, 0.4) is 0 Å². The van der Waals surface area contributed by atoms with Crippen molar-refractivity contribution < 1.29 is 27.5 Å². The van der Waals surface area contributed by atoms with Gasteiger partial charge in [0.25, 0.3) is 5.91 Å². The Labute approximate surface area is 166 Å². The number of benzene rings is 2. The highest BCUT2D eigenvalue weighted by Gasteiger charge is 2.35. The molecule has 1 unspecified atom stereocenters. The molecule has 0 saturated heterocycles. The number of aliphatic hydroxyl groups is 1. The number of nitrogens with zero attached hydrogens (tertiary/aromatic N) is 1. The smallest absolute Gasteiger partial charge is 0.379 e. The maximum atomic E-state index is 13.1. The molecule has 28 heavy (non-hydrogen) atoms. The van der Waals surface area contributed by atoms with E-state index < -0.39 is 29.1 Å². The first kappa shape index (κ1) is 22.1. The minimum absolute atomic E-state index is 0.0983. The fourth-order valence-electron chi connectivity index (χ4n) is 2.05. The zero-order valence-corrected chi connectivity index (χ0v) is 16.0. The van der Waals surface area contributed by atoms with Crippen molar-refractivity contribution in [2.45, 2.75) is 28.5 Å². The zero-order valence-electron chi connectivity index (χ0n) is 14.4. The van der Waals surface area contributed by atoms with Gasteiger partial charge < -0.3 is 10.4 Å². The number of anilines is 1. The number of carbonyl (C=O) groups is 1. The van der Waals surface area contributed by atoms with Crippen LogP contribution in [0.25, 0.3) is 0 Å². The Morgan fingerprint density at radius 3 is 2.43 bits per heavy atom. The van der Waals surface area contributed by atoms with Gasteiger partial charge in [-0.25, -0.2) is 4.39 Å². The Kier molecular flexibility index (Phi) is 6.98. The van der Waals surface area contributed by atoms with Gasteiger partial charge in [0.05, 0.1) is 5.56 Å². The van der Waals surface area contributed by atoms with Crippen LogP contribution in [-0.4, -0.2) is 22.4 Å². The summed E-state index contributed by atoms with van der Waals surface area (Å²) in [6, 6.07) is 8.43. The quantitative estimate of drug-likeness (QED) is 0.388. The van der Waals surface area contributed by atoms with Gasteiger partial charge in [0.2, 0.25) is 0 Å². The van der Waals surface area contributed by atoms with E-state index in [0.29, 0.717) is 22.7 Å². The Balaban J connectivity index is 2.12. The van der Waals surface area contributed by atoms with Gasteiger partial charge in [0, 0.05) is 21.2 Å². The summed E-state index contributed by atoms with van der Waals surface area (Å²) in [6.07, 6.45) is -4.71. The number of amides is 1. The number of halogens is 4. The summed E-state index contributed by atoms with van der Waals surface area (Å²) >= 11 is 1.46. The van der Waals surface area contributed by atoms with Crippen LogP contribution in [0.5, 0.6) is 0 Å². The first-order chi connectivity index (χ1) is 13.0. The largest absolute Gasteiger partial charge is 0.417 e. The molecule has 0 aliphatic heterocycles. The monoisotopic (exact) mass is 430 g/mol. The van der Waals surface area contributed by atoms with Crippen LogP contribution < -0.4 is 5.32 Å². The molecule has 0 aliphatic carbocycles. The van der Waals surface area contributed by atoms with Gasteiger partial charge in [0.15, 0.2) is 0 Å². The van der Waals surface area contributed by atoms with Crippen molar-refractivity contribution in [3.63, 3.8) is 0 Å². The molecule has 0 radical (unpaired) electrons. The summed E-state index contributed by atoms with van der Waals surface area (Å²) in [6.45, 7) is 1.23. The lowest BCUT2D eigenvalue weighted by atomic mass is 10.1. The summed E-state index contributed by atoms with van der Waals surface area (Å²) in [5.74, 6) is -1.41. The molecule has 0 fully saturated rings. The second-order valence-corrected chi connectivity index (χ2v) is 7.75. The third kappa shape index (κ3) is 5.89. The van der Waals surface area contributed by atoms with Crippen LogP contribution in [0, 0.1) is 16.5 Å². The van der Waals surface area contributed by atoms with Crippen LogP contribution in [0.2, 0.25) is 0 Å². The average Bonchev–Trinajstić information content (AvgIpc) is 2.62. The number of hydrogen-bond donors (Lipinski definition) is 2. The fraction of sp³-hybridized carbons (Fsp3) is 0.222. The molecular weight excluding hydrogens is 416 g/mol. The molecule has 10 heteroatoms. The number of carbonyl (C=O) groups excluding carboxylic acids is 1. The molecule has 0 saturated carbocycles. The molecule has 1 amide bonds. The van der Waals surface area contributed by atoms with Gasteiger partial charge in [-0.05, 0) is 61.2 Å². The van der Waals surface area contributed by atoms with Crippen LogP contribution >= 0.6 is 23.5 Å². The third-order valence-electron chi connectivity index (χ3n) is 3.52. The predicted molar refractivity (Wildman–Crippen MR) is 99.3 cm³/mol. The van der Waals surface area contributed by atoms with E-state index in [0.717, 1.165) is 17.8 Å². The summed E-state index contributed by atoms with van der Waals surface area (Å²) in [7, 11) is 0. The molecule has 2 aromatic rings. The van der Waals surface area contributed by atoms with E-state index >= 15 is 0 Å². The molecule has 2 aromatic carbocycles. The Morgan fingerprint density at radius 2 is 1.86 bits per heavy atom. The van der Waals surface area contributed by atoms with E-state index in [1.807, 2.05) is 0 Å². The second-order valence-electron chi connectivity index (χ2n) is 5.87. The molecule has 0 bridgehead atoms. The van der Waals surface area contributed by atoms with Gasteiger partial charge in [-0.2, -0.15) is 18.4 Å². The molecule has 2 rings (SSSR count). The number of hydrogen-bond acceptors (Lipinski definition) is 5. The normalized spacial score (nSPS) is 13.5. The van der Waals surface area contributed by atoms with Gasteiger partial charge in [-0.3, -0.25) is 4.79 Å². The van der Waals surface area contributed by atoms with E-state index in [1.54, 1.807) is 5.40 Å². The maximum Gasteiger partial charge on any atom is 0.417 e. The lowest BCUT2D eigenvalue weighted by Crippen LogP contribution is -2.42. The van der Waals surface area contributed by atoms with Crippen LogP contribution in [0.4, 0.5) is 23.2 Å². The topological polar surface area (TPSA) is 73.1 Å². The molecule has 2 N–H and O–H groups in total. The van der Waals surface area contributed by atoms with Crippen LogP contribution in [0.1, 0.15) is 12.5 Å². The third-order valence-corrected chi connectivity index (χ3v) is 5.50. The summed E-state index contributed by atoms with van der Waals surface area (Å²) in [4.78, 5) is 12.6. The summed E-state index contributed by atoms with van der Waals surface area (Å²) in [5, 5.41) is 22.8. The van der Waals surface area contributed by atoms with Crippen molar-refractivity contribution in [2.24, 2.45) is 0 Å². The number of nitrogens with one attached hydrogen (secondary N) is 1. The van der Waals surface area contributed by atoms with E-state index in [1.165, 1.54) is 37.3 Å². The lowest BCUT2D eigenvalue weighted by molar-refractivity contribution is -0.139. The highest BCUT2D eigenvalue weighted by molar-refractivity contribution is 8.03. The number of rotatable bonds is 6. The molecule has 0 aliphatic rings. The van der Waals surface area contributed by atoms with E-state index in [2.05, 4.69) is 5.32 Å². The lowest BCUT2D eigenvalue weighted by Gasteiger charge is -2.22. The number of nitriles is 1. The van der Waals surface area contributed by atoms with Gasteiger partial charge in [-0.15, -0.1) is 11.8 Å². The highest BCUT2D eigenvalue weighted by atomic mass is 32.2. The Morgan fingerprint density at radius 1 is 1.21 bits per heavy atom. The molecular formula is C18H14F4N2O2S2. The van der Waals surface area contributed by atoms with Crippen molar-refractivity contribution in [1.82, 2.24) is 0 Å². The standard InChI is InChI=1S/C18H14F4N2O2S2/c1-17(26,9-27-13-5-2-11(19)3-6-13)16(25)24-12-4-7-15(28-10-23)14(8-12)18(20,21)22/h2-8,26H,9H2,1H3,(H,24,25). The first-order valence-electron chi connectivity index (χ1n) is 7.72. The van der Waals surface area contributed by atoms with Gasteiger partial charge in [0.1, 0.15) is 16.8 Å². The van der Waals surface area contributed by atoms with Crippen molar-refractivity contribution >= 4 is 35.1 Å².